The SMILES string of the molecule is NCC[C@@H]1N[C@H](CNC(=O)c2ccc(C(F)(F)F)cc2)CCN(CC(c2ccccc2)c2ccccc2)C1=O.O=C(NC[C@@H]1CCN(CC(c2ccccc2)c2ccccc2)C(=O)[C@H](CCN2CCCCC2)N1)c1cccc(C(F)(F)F)c1. The molecule has 0 unspecified atom stereocenters. The van der Waals surface area contributed by atoms with E-state index in [1.807, 2.05) is 82.6 Å². The molecular weight excluding hydrogens is 1070 g/mol. The fourth-order valence-electron chi connectivity index (χ4n) is 11.2. The molecule has 0 bridgehead atoms. The summed E-state index contributed by atoms with van der Waals surface area (Å²) in [6.07, 6.45) is -3.14. The second-order valence-corrected chi connectivity index (χ2v) is 21.6. The number of halogens is 6. The van der Waals surface area contributed by atoms with Gasteiger partial charge in [0.2, 0.25) is 11.8 Å². The quantitative estimate of drug-likeness (QED) is 0.0503. The van der Waals surface area contributed by atoms with Crippen molar-refractivity contribution in [2.75, 3.05) is 65.4 Å². The summed E-state index contributed by atoms with van der Waals surface area (Å²) in [7, 11) is 0. The van der Waals surface area contributed by atoms with E-state index in [2.05, 4.69) is 74.7 Å². The molecule has 4 amide bonds. The first kappa shape index (κ1) is 61.7. The van der Waals surface area contributed by atoms with Crippen LogP contribution in [0.2, 0.25) is 0 Å². The van der Waals surface area contributed by atoms with Crippen LogP contribution in [0.1, 0.15) is 111 Å². The summed E-state index contributed by atoms with van der Waals surface area (Å²) < 4.78 is 78.1. The molecule has 0 spiro atoms. The lowest BCUT2D eigenvalue weighted by atomic mass is 9.90. The number of carbonyl (C=O) groups excluding carboxylic acids is 4. The molecule has 6 aromatic carbocycles. The van der Waals surface area contributed by atoms with Crippen LogP contribution >= 0.6 is 0 Å². The summed E-state index contributed by atoms with van der Waals surface area (Å²) in [6, 6.07) is 47.8. The third-order valence-electron chi connectivity index (χ3n) is 15.8. The molecule has 3 fully saturated rings. The smallest absolute Gasteiger partial charge is 0.350 e. The van der Waals surface area contributed by atoms with E-state index in [1.165, 1.54) is 18.6 Å². The van der Waals surface area contributed by atoms with E-state index in [-0.39, 0.29) is 60.0 Å². The van der Waals surface area contributed by atoms with Crippen LogP contribution in [0, 0.1) is 0 Å². The standard InChI is InChI=1S/C35H41F3N4O2.C30H33F3N4O2/c36-35(37,38)29-16-10-15-28(23-29)33(43)39-24-30-17-22-42(34(44)32(40-30)18-21-41-19-8-3-9-20-41)25-31(26-11-4-1-5-12-26)27-13-6-2-7-14-27;31-30(32,33)24-13-11-23(12-14-24)28(38)35-19-25-16-18-37(29(39)27(36-25)15-17-34)20-26(21-7-3-1-4-8-21)22-9-5-2-6-10-22/h1-2,4-7,10-16,23,30-32,40H,3,8-9,17-22,24-25H2,(H,39,43);1-14,25-27,36H,15-20,34H2,(H,35,38)/t30-,32-;25-,27-/m00/s1. The van der Waals surface area contributed by atoms with Crippen molar-refractivity contribution < 1.29 is 45.5 Å². The zero-order valence-corrected chi connectivity index (χ0v) is 46.5. The second kappa shape index (κ2) is 29.7. The summed E-state index contributed by atoms with van der Waals surface area (Å²) >= 11 is 0. The monoisotopic (exact) mass is 1140 g/mol. The van der Waals surface area contributed by atoms with E-state index in [4.69, 9.17) is 5.73 Å². The molecule has 18 heteroatoms. The summed E-state index contributed by atoms with van der Waals surface area (Å²) in [5, 5.41) is 12.5. The Labute approximate surface area is 482 Å². The molecule has 0 aliphatic carbocycles. The Morgan fingerprint density at radius 2 is 0.928 bits per heavy atom. The van der Waals surface area contributed by atoms with Gasteiger partial charge in [-0.05, 0) is 123 Å². The molecule has 0 radical (unpaired) electrons. The molecule has 0 saturated carbocycles. The predicted octanol–water partition coefficient (Wildman–Crippen LogP) is 9.88. The minimum Gasteiger partial charge on any atom is -0.350 e. The van der Waals surface area contributed by atoms with E-state index < -0.39 is 47.4 Å². The number of benzene rings is 6. The van der Waals surface area contributed by atoms with Gasteiger partial charge in [0.25, 0.3) is 11.8 Å². The summed E-state index contributed by atoms with van der Waals surface area (Å²) in [5.74, 6) is -1.03. The Kier molecular flexibility index (Phi) is 22.1. The van der Waals surface area contributed by atoms with E-state index in [0.717, 1.165) is 91.1 Å². The number of nitrogens with two attached hydrogens (primary N) is 1. The Bertz CT molecular complexity index is 2910. The largest absolute Gasteiger partial charge is 0.416 e. The summed E-state index contributed by atoms with van der Waals surface area (Å²) in [6.45, 7) is 5.65. The first-order valence-electron chi connectivity index (χ1n) is 28.7. The molecule has 440 valence electrons. The van der Waals surface area contributed by atoms with Crippen molar-refractivity contribution in [1.82, 2.24) is 36.0 Å². The Morgan fingerprint density at radius 3 is 1.35 bits per heavy atom. The number of nitrogens with one attached hydrogen (secondary N) is 4. The molecule has 6 N–H and O–H groups in total. The van der Waals surface area contributed by atoms with Crippen LogP contribution in [0.3, 0.4) is 0 Å². The van der Waals surface area contributed by atoms with Gasteiger partial charge in [-0.2, -0.15) is 26.3 Å². The van der Waals surface area contributed by atoms with Crippen LogP contribution in [-0.2, 0) is 21.9 Å². The van der Waals surface area contributed by atoms with E-state index >= 15 is 0 Å². The molecule has 3 saturated heterocycles. The van der Waals surface area contributed by atoms with Crippen molar-refractivity contribution in [3.63, 3.8) is 0 Å². The van der Waals surface area contributed by atoms with E-state index in [9.17, 15) is 45.5 Å². The molecule has 83 heavy (non-hydrogen) atoms. The number of hydrogen-bond acceptors (Lipinski definition) is 8. The van der Waals surface area contributed by atoms with Crippen molar-refractivity contribution in [2.45, 2.75) is 93.3 Å². The lowest BCUT2D eigenvalue weighted by Crippen LogP contribution is -2.50. The molecular formula is C65H74F6N8O4. The van der Waals surface area contributed by atoms with Gasteiger partial charge in [-0.3, -0.25) is 19.2 Å². The average Bonchev–Trinajstić information content (AvgIpc) is 3.88. The first-order chi connectivity index (χ1) is 40.0. The van der Waals surface area contributed by atoms with Crippen LogP contribution in [0.15, 0.2) is 170 Å². The van der Waals surface area contributed by atoms with Gasteiger partial charge in [-0.25, -0.2) is 0 Å². The highest BCUT2D eigenvalue weighted by Crippen LogP contribution is 2.32. The fraction of sp³-hybridized carbons (Fsp3) is 0.385. The van der Waals surface area contributed by atoms with Crippen LogP contribution in [0.4, 0.5) is 26.3 Å². The molecule has 0 aromatic heterocycles. The molecule has 6 aromatic rings. The number of likely N-dealkylation sites (tertiary alicyclic amines) is 1. The summed E-state index contributed by atoms with van der Waals surface area (Å²) in [4.78, 5) is 59.4. The molecule has 3 aliphatic rings. The van der Waals surface area contributed by atoms with Gasteiger partial charge in [0.1, 0.15) is 0 Å². The van der Waals surface area contributed by atoms with E-state index in [1.54, 1.807) is 0 Å². The van der Waals surface area contributed by atoms with Crippen LogP contribution in [-0.4, -0.2) is 128 Å². The minimum absolute atomic E-state index is 0.00116. The maximum atomic E-state index is 14.1. The zero-order valence-electron chi connectivity index (χ0n) is 46.5. The van der Waals surface area contributed by atoms with Gasteiger partial charge in [0.15, 0.2) is 0 Å². The van der Waals surface area contributed by atoms with Gasteiger partial charge in [0.05, 0.1) is 23.2 Å². The van der Waals surface area contributed by atoms with E-state index in [0.29, 0.717) is 58.4 Å². The van der Waals surface area contributed by atoms with Crippen molar-refractivity contribution in [1.29, 1.82) is 0 Å². The third-order valence-corrected chi connectivity index (χ3v) is 15.8. The summed E-state index contributed by atoms with van der Waals surface area (Å²) in [5.41, 5.74) is 8.77. The Morgan fingerprint density at radius 1 is 0.506 bits per heavy atom. The Balaban J connectivity index is 0.000000219. The lowest BCUT2D eigenvalue weighted by Gasteiger charge is -2.31. The highest BCUT2D eigenvalue weighted by molar-refractivity contribution is 5.95. The molecule has 12 nitrogen and oxygen atoms in total. The normalized spacial score (nSPS) is 19.1. The number of hydrogen-bond donors (Lipinski definition) is 5. The van der Waals surface area contributed by atoms with Crippen LogP contribution in [0.5, 0.6) is 0 Å². The number of alkyl halides is 6. The number of nitrogens with zero attached hydrogens (tertiary/aromatic N) is 3. The number of carbonyl (C=O) groups is 4. The predicted molar refractivity (Wildman–Crippen MR) is 309 cm³/mol. The highest BCUT2D eigenvalue weighted by atomic mass is 19.4. The highest BCUT2D eigenvalue weighted by Gasteiger charge is 2.36. The molecule has 4 atom stereocenters. The second-order valence-electron chi connectivity index (χ2n) is 21.6. The van der Waals surface area contributed by atoms with Gasteiger partial charge < -0.3 is 41.7 Å². The topological polar surface area (TPSA) is 152 Å². The molecule has 3 heterocycles. The maximum absolute atomic E-state index is 14.1. The van der Waals surface area contributed by atoms with Crippen molar-refractivity contribution >= 4 is 23.6 Å². The van der Waals surface area contributed by atoms with Crippen LogP contribution in [0.25, 0.3) is 0 Å². The number of rotatable bonds is 19. The van der Waals surface area contributed by atoms with Crippen molar-refractivity contribution in [3.05, 3.63) is 214 Å². The fourth-order valence-corrected chi connectivity index (χ4v) is 11.2. The Hall–Kier alpha value is -7.38. The maximum Gasteiger partial charge on any atom is 0.416 e. The zero-order chi connectivity index (χ0) is 58.8. The van der Waals surface area contributed by atoms with Gasteiger partial charge in [-0.15, -0.1) is 0 Å². The number of piperidine rings is 1. The van der Waals surface area contributed by atoms with Gasteiger partial charge in [-0.1, -0.05) is 134 Å². The van der Waals surface area contributed by atoms with Crippen LogP contribution < -0.4 is 27.0 Å². The third kappa shape index (κ3) is 17.8. The lowest BCUT2D eigenvalue weighted by molar-refractivity contribution is -0.138. The van der Waals surface area contributed by atoms with Crippen molar-refractivity contribution in [2.24, 2.45) is 5.73 Å². The molecule has 3 aliphatic heterocycles. The number of amides is 4. The minimum atomic E-state index is -4.53. The molecule has 9 rings (SSSR count). The van der Waals surface area contributed by atoms with Gasteiger partial charge in [0, 0.05) is 80.9 Å². The van der Waals surface area contributed by atoms with Crippen molar-refractivity contribution in [3.8, 4) is 0 Å². The first-order valence-corrected chi connectivity index (χ1v) is 28.7. The average molecular weight is 1150 g/mol. The van der Waals surface area contributed by atoms with Gasteiger partial charge >= 0.3 is 12.4 Å².